The van der Waals surface area contributed by atoms with E-state index < -0.39 is 0 Å². The van der Waals surface area contributed by atoms with Gasteiger partial charge < -0.3 is 14.7 Å². The van der Waals surface area contributed by atoms with Crippen molar-refractivity contribution in [2.75, 3.05) is 26.2 Å². The van der Waals surface area contributed by atoms with E-state index in [1.807, 2.05) is 13.8 Å². The smallest absolute Gasteiger partial charge is 0.236 e. The highest BCUT2D eigenvalue weighted by Crippen LogP contribution is 1.94. The first-order valence-electron chi connectivity index (χ1n) is 5.95. The lowest BCUT2D eigenvalue weighted by Gasteiger charge is -2.18. The maximum atomic E-state index is 11.6. The van der Waals surface area contributed by atoms with Crippen LogP contribution in [-0.4, -0.2) is 47.1 Å². The molecule has 0 aliphatic carbocycles. The zero-order valence-corrected chi connectivity index (χ0v) is 10.7. The van der Waals surface area contributed by atoms with Crippen LogP contribution >= 0.6 is 0 Å². The molecule has 1 N–H and O–H groups in total. The van der Waals surface area contributed by atoms with Crippen LogP contribution in [0.1, 0.15) is 25.6 Å². The number of aryl methyl sites for hydroxylation is 1. The molecule has 0 aromatic carbocycles. The summed E-state index contributed by atoms with van der Waals surface area (Å²) in [7, 11) is 0. The second-order valence-corrected chi connectivity index (χ2v) is 3.72. The summed E-state index contributed by atoms with van der Waals surface area (Å²) >= 11 is 0. The van der Waals surface area contributed by atoms with Gasteiger partial charge in [0.1, 0.15) is 0 Å². The van der Waals surface area contributed by atoms with E-state index in [2.05, 4.69) is 15.5 Å². The minimum atomic E-state index is 0.124. The molecule has 96 valence electrons. The lowest BCUT2D eigenvalue weighted by Crippen LogP contribution is -2.38. The second kappa shape index (κ2) is 7.01. The van der Waals surface area contributed by atoms with E-state index in [-0.39, 0.29) is 5.91 Å². The Hall–Kier alpha value is -1.43. The van der Waals surface area contributed by atoms with E-state index in [4.69, 9.17) is 4.52 Å². The lowest BCUT2D eigenvalue weighted by atomic mass is 10.4. The zero-order chi connectivity index (χ0) is 12.7. The number of amides is 1. The highest BCUT2D eigenvalue weighted by Gasteiger charge is 2.08. The van der Waals surface area contributed by atoms with Crippen LogP contribution < -0.4 is 5.32 Å². The number of hydrogen-bond donors (Lipinski definition) is 1. The fraction of sp³-hybridized carbons (Fsp3) is 0.727. The minimum absolute atomic E-state index is 0.124. The average molecular weight is 240 g/mol. The van der Waals surface area contributed by atoms with E-state index >= 15 is 0 Å². The Kier molecular flexibility index (Phi) is 5.62. The Labute approximate surface area is 101 Å². The van der Waals surface area contributed by atoms with E-state index in [1.165, 1.54) is 0 Å². The Morgan fingerprint density at radius 3 is 2.65 bits per heavy atom. The van der Waals surface area contributed by atoms with Crippen molar-refractivity contribution >= 4 is 5.91 Å². The number of rotatable bonds is 7. The van der Waals surface area contributed by atoms with Crippen LogP contribution in [0.2, 0.25) is 0 Å². The molecule has 1 aromatic heterocycles. The van der Waals surface area contributed by atoms with Crippen molar-refractivity contribution in [3.63, 3.8) is 0 Å². The van der Waals surface area contributed by atoms with Crippen molar-refractivity contribution in [1.82, 2.24) is 20.4 Å². The van der Waals surface area contributed by atoms with Gasteiger partial charge in [-0.05, 0) is 13.8 Å². The van der Waals surface area contributed by atoms with Gasteiger partial charge in [0.2, 0.25) is 11.8 Å². The number of nitrogens with zero attached hydrogens (tertiary/aromatic N) is 3. The first-order valence-corrected chi connectivity index (χ1v) is 5.95. The van der Waals surface area contributed by atoms with Crippen LogP contribution in [0, 0.1) is 6.92 Å². The molecule has 0 aliphatic heterocycles. The van der Waals surface area contributed by atoms with E-state index in [1.54, 1.807) is 11.8 Å². The molecule has 0 radical (unpaired) electrons. The van der Waals surface area contributed by atoms with Gasteiger partial charge in [0.15, 0.2) is 5.82 Å². The summed E-state index contributed by atoms with van der Waals surface area (Å²) in [6, 6.07) is 0. The predicted molar refractivity (Wildman–Crippen MR) is 63.5 cm³/mol. The fourth-order valence-corrected chi connectivity index (χ4v) is 1.53. The second-order valence-electron chi connectivity index (χ2n) is 3.72. The minimum Gasteiger partial charge on any atom is -0.342 e. The molecule has 0 unspecified atom stereocenters. The first-order chi connectivity index (χ1) is 8.17. The van der Waals surface area contributed by atoms with Crippen molar-refractivity contribution in [1.29, 1.82) is 0 Å². The summed E-state index contributed by atoms with van der Waals surface area (Å²) in [6.45, 7) is 8.24. The summed E-state index contributed by atoms with van der Waals surface area (Å²) in [6.07, 6.45) is 0.670. The van der Waals surface area contributed by atoms with Gasteiger partial charge in [-0.25, -0.2) is 0 Å². The largest absolute Gasteiger partial charge is 0.342 e. The molecule has 1 rings (SSSR count). The maximum absolute atomic E-state index is 11.6. The van der Waals surface area contributed by atoms with Crippen molar-refractivity contribution in [2.24, 2.45) is 0 Å². The first kappa shape index (κ1) is 13.6. The van der Waals surface area contributed by atoms with Crippen molar-refractivity contribution in [3.8, 4) is 0 Å². The quantitative estimate of drug-likeness (QED) is 0.698. The standard InChI is InChI=1S/C11H20N4O2/c1-4-15(5-2)11(16)8-12-7-6-10-13-9(3)17-14-10/h12H,4-8H2,1-3H3. The van der Waals surface area contributed by atoms with E-state index in [0.717, 1.165) is 13.1 Å². The summed E-state index contributed by atoms with van der Waals surface area (Å²) in [4.78, 5) is 17.5. The molecule has 0 aliphatic rings. The van der Waals surface area contributed by atoms with Crippen LogP contribution in [0.15, 0.2) is 4.52 Å². The van der Waals surface area contributed by atoms with Crippen LogP contribution in [0.5, 0.6) is 0 Å². The maximum Gasteiger partial charge on any atom is 0.236 e. The van der Waals surface area contributed by atoms with Gasteiger partial charge in [-0.2, -0.15) is 4.98 Å². The molecule has 17 heavy (non-hydrogen) atoms. The van der Waals surface area contributed by atoms with Crippen molar-refractivity contribution < 1.29 is 9.32 Å². The van der Waals surface area contributed by atoms with Gasteiger partial charge >= 0.3 is 0 Å². The summed E-state index contributed by atoms with van der Waals surface area (Å²) in [5.74, 6) is 1.36. The number of likely N-dealkylation sites (N-methyl/N-ethyl adjacent to an activating group) is 1. The lowest BCUT2D eigenvalue weighted by molar-refractivity contribution is -0.129. The SMILES string of the molecule is CCN(CC)C(=O)CNCCc1noc(C)n1. The Morgan fingerprint density at radius 2 is 2.12 bits per heavy atom. The fourth-order valence-electron chi connectivity index (χ4n) is 1.53. The normalized spacial score (nSPS) is 10.5. The zero-order valence-electron chi connectivity index (χ0n) is 10.7. The highest BCUT2D eigenvalue weighted by atomic mass is 16.5. The third-order valence-electron chi connectivity index (χ3n) is 2.49. The predicted octanol–water partition coefficient (Wildman–Crippen LogP) is 0.379. The molecule has 1 amide bonds. The van der Waals surface area contributed by atoms with E-state index in [0.29, 0.717) is 31.2 Å². The molecule has 0 saturated heterocycles. The third-order valence-corrected chi connectivity index (χ3v) is 2.49. The number of carbonyl (C=O) groups excluding carboxylic acids is 1. The van der Waals surface area contributed by atoms with Crippen molar-refractivity contribution in [3.05, 3.63) is 11.7 Å². The van der Waals surface area contributed by atoms with E-state index in [9.17, 15) is 4.79 Å². The summed E-state index contributed by atoms with van der Waals surface area (Å²) in [5.41, 5.74) is 0. The summed E-state index contributed by atoms with van der Waals surface area (Å²) in [5, 5.41) is 6.86. The molecule has 1 heterocycles. The topological polar surface area (TPSA) is 71.3 Å². The van der Waals surface area contributed by atoms with Gasteiger partial charge in [-0.15, -0.1) is 0 Å². The monoisotopic (exact) mass is 240 g/mol. The van der Waals surface area contributed by atoms with Crippen LogP contribution in [0.4, 0.5) is 0 Å². The van der Waals surface area contributed by atoms with Crippen molar-refractivity contribution in [2.45, 2.75) is 27.2 Å². The highest BCUT2D eigenvalue weighted by molar-refractivity contribution is 5.78. The average Bonchev–Trinajstić information content (AvgIpc) is 2.72. The molecule has 0 saturated carbocycles. The Balaban J connectivity index is 2.17. The Morgan fingerprint density at radius 1 is 1.41 bits per heavy atom. The number of hydrogen-bond acceptors (Lipinski definition) is 5. The van der Waals surface area contributed by atoms with Gasteiger partial charge in [0.05, 0.1) is 6.54 Å². The Bertz CT molecular complexity index is 347. The van der Waals surface area contributed by atoms with Gasteiger partial charge in [-0.1, -0.05) is 5.16 Å². The molecule has 0 atom stereocenters. The molecule has 0 spiro atoms. The molecule has 6 heteroatoms. The molecule has 0 fully saturated rings. The van der Waals surface area contributed by atoms with Crippen LogP contribution in [-0.2, 0) is 11.2 Å². The molecular formula is C11H20N4O2. The van der Waals surface area contributed by atoms with Gasteiger partial charge in [0, 0.05) is 33.0 Å². The molecule has 6 nitrogen and oxygen atoms in total. The van der Waals surface area contributed by atoms with Gasteiger partial charge in [-0.3, -0.25) is 4.79 Å². The van der Waals surface area contributed by atoms with Crippen LogP contribution in [0.3, 0.4) is 0 Å². The number of carbonyl (C=O) groups is 1. The number of aromatic nitrogens is 2. The molecule has 1 aromatic rings. The molecule has 0 bridgehead atoms. The molecular weight excluding hydrogens is 220 g/mol. The van der Waals surface area contributed by atoms with Crippen LogP contribution in [0.25, 0.3) is 0 Å². The third kappa shape index (κ3) is 4.52. The van der Waals surface area contributed by atoms with Gasteiger partial charge in [0.25, 0.3) is 0 Å². The number of nitrogens with one attached hydrogen (secondary N) is 1. The summed E-state index contributed by atoms with van der Waals surface area (Å²) < 4.78 is 4.85.